The Labute approximate surface area is 102 Å². The molecule has 8 heteroatoms. The molecule has 0 amide bonds. The molecule has 0 spiro atoms. The van der Waals surface area contributed by atoms with Gasteiger partial charge in [-0.25, -0.2) is 0 Å². The Morgan fingerprint density at radius 2 is 1.36 bits per heavy atom. The predicted octanol–water partition coefficient (Wildman–Crippen LogP) is -0.124. The van der Waals surface area contributed by atoms with E-state index in [0.717, 1.165) is 19.6 Å². The molecule has 84 valence electrons. The summed E-state index contributed by atoms with van der Waals surface area (Å²) >= 11 is 13.0. The van der Waals surface area contributed by atoms with Crippen molar-refractivity contribution in [3.63, 3.8) is 0 Å². The smallest absolute Gasteiger partial charge is 0.280 e. The van der Waals surface area contributed by atoms with Gasteiger partial charge in [0.1, 0.15) is 0 Å². The van der Waals surface area contributed by atoms with E-state index in [4.69, 9.17) is 22.2 Å². The molecule has 1 aliphatic rings. The molecular weight excluding hydrogens is 269 g/mol. The Hall–Kier alpha value is 1.11. The molecule has 1 aliphatic heterocycles. The van der Waals surface area contributed by atoms with Gasteiger partial charge in [0.15, 0.2) is 9.84 Å². The molecule has 0 N–H and O–H groups in total. The summed E-state index contributed by atoms with van der Waals surface area (Å²) in [7, 11) is -3.01. The van der Waals surface area contributed by atoms with Gasteiger partial charge >= 0.3 is 0 Å². The van der Waals surface area contributed by atoms with E-state index in [1.165, 1.54) is 0 Å². The van der Waals surface area contributed by atoms with Crippen molar-refractivity contribution in [2.24, 2.45) is 0 Å². The molecule has 0 radical (unpaired) electrons. The normalized spacial score (nSPS) is 34.1. The lowest BCUT2D eigenvalue weighted by Crippen LogP contribution is -2.69. The van der Waals surface area contributed by atoms with E-state index in [9.17, 15) is 0 Å². The highest BCUT2D eigenvalue weighted by molar-refractivity contribution is 7.18. The van der Waals surface area contributed by atoms with Crippen LogP contribution in [0.1, 0.15) is 20.8 Å². The molecule has 0 saturated carbocycles. The lowest BCUT2D eigenvalue weighted by atomic mass is 10.8. The van der Waals surface area contributed by atoms with Crippen molar-refractivity contribution in [2.75, 3.05) is 19.6 Å². The molecule has 0 bridgehead atoms. The van der Waals surface area contributed by atoms with Crippen LogP contribution in [0.3, 0.4) is 0 Å². The highest BCUT2D eigenvalue weighted by atomic mass is 35.6. The van der Waals surface area contributed by atoms with Gasteiger partial charge in [-0.3, -0.25) is 0 Å². The molecule has 3 nitrogen and oxygen atoms in total. The molecule has 1 saturated heterocycles. The van der Waals surface area contributed by atoms with Crippen molar-refractivity contribution in [3.05, 3.63) is 0 Å². The van der Waals surface area contributed by atoms with Gasteiger partial charge in [-0.15, -0.1) is 22.2 Å². The van der Waals surface area contributed by atoms with Gasteiger partial charge in [0.05, 0.1) is 0 Å². The lowest BCUT2D eigenvalue weighted by molar-refractivity contribution is 0.494. The molecule has 1 heterocycles. The Bertz CT molecular complexity index is 172. The van der Waals surface area contributed by atoms with E-state index in [0.29, 0.717) is 0 Å². The zero-order valence-electron chi connectivity index (χ0n) is 9.08. The van der Waals surface area contributed by atoms with E-state index in [1.54, 1.807) is 0 Å². The quantitative estimate of drug-likeness (QED) is 0.529. The first-order chi connectivity index (χ1) is 6.65. The van der Waals surface area contributed by atoms with Crippen molar-refractivity contribution in [1.29, 1.82) is 0 Å². The molecule has 1 fully saturated rings. The minimum atomic E-state index is -1.35. The zero-order chi connectivity index (χ0) is 10.7. The Morgan fingerprint density at radius 3 is 1.64 bits per heavy atom. The summed E-state index contributed by atoms with van der Waals surface area (Å²) in [6.07, 6.45) is 0. The van der Waals surface area contributed by atoms with Gasteiger partial charge in [0.2, 0.25) is 0 Å². The van der Waals surface area contributed by atoms with E-state index in [-0.39, 0.29) is 9.84 Å². The van der Waals surface area contributed by atoms with E-state index in [2.05, 4.69) is 33.5 Å². The highest BCUT2D eigenvalue weighted by Crippen LogP contribution is 2.18. The van der Waals surface area contributed by atoms with Gasteiger partial charge in [0, 0.05) is 0 Å². The summed E-state index contributed by atoms with van der Waals surface area (Å²) in [6, 6.07) is 0. The number of halogens is 2. The number of hydrogen-bond donors (Lipinski definition) is 0. The number of nitrogens with zero attached hydrogens (tertiary/aromatic N) is 3. The van der Waals surface area contributed by atoms with Crippen molar-refractivity contribution in [1.82, 2.24) is 12.7 Å². The summed E-state index contributed by atoms with van der Waals surface area (Å²) in [4.78, 5) is 0. The van der Waals surface area contributed by atoms with Crippen molar-refractivity contribution in [2.45, 2.75) is 20.8 Å². The first-order valence-corrected chi connectivity index (χ1v) is 12.0. The second kappa shape index (κ2) is 6.00. The van der Waals surface area contributed by atoms with Crippen LogP contribution in [0.15, 0.2) is 0 Å². The average Bonchev–Trinajstić information content (AvgIpc) is 2.19. The molecule has 14 heavy (non-hydrogen) atoms. The molecule has 2 unspecified atom stereocenters. The first kappa shape index (κ1) is 13.2. The van der Waals surface area contributed by atoms with Crippen LogP contribution in [-0.2, 0) is 0 Å². The number of hydrogen-bond acceptors (Lipinski definition) is 3. The fourth-order valence-corrected chi connectivity index (χ4v) is 17.0. The van der Waals surface area contributed by atoms with E-state index < -0.39 is 16.9 Å². The maximum Gasteiger partial charge on any atom is 0.280 e. The largest absolute Gasteiger partial charge is 0.317 e. The lowest BCUT2D eigenvalue weighted by Gasteiger charge is -2.46. The minimum Gasteiger partial charge on any atom is -0.317 e. The topological polar surface area (TPSA) is 9.72 Å². The zero-order valence-corrected chi connectivity index (χ0v) is 14.3. The van der Waals surface area contributed by atoms with E-state index >= 15 is 0 Å². The molecule has 2 atom stereocenters. The summed E-state index contributed by atoms with van der Waals surface area (Å²) in [6.45, 7) is 9.77. The molecule has 1 rings (SSSR count). The maximum atomic E-state index is 6.52. The Kier molecular flexibility index (Phi) is 5.64. The third kappa shape index (κ3) is 2.62. The molecular formula is C6H19Cl2N3Si3. The van der Waals surface area contributed by atoms with Gasteiger partial charge in [-0.2, -0.15) is 0 Å². The Morgan fingerprint density at radius 1 is 0.929 bits per heavy atom. The summed E-state index contributed by atoms with van der Waals surface area (Å²) in [5.74, 6) is 0. The van der Waals surface area contributed by atoms with Gasteiger partial charge in [-0.1, -0.05) is 20.8 Å². The van der Waals surface area contributed by atoms with Crippen LogP contribution in [0.5, 0.6) is 0 Å². The number of rotatable bonds is 3. The van der Waals surface area contributed by atoms with Crippen LogP contribution in [0.2, 0.25) is 0 Å². The third-order valence-corrected chi connectivity index (χ3v) is 18.5. The van der Waals surface area contributed by atoms with Crippen LogP contribution in [0, 0.1) is 0 Å². The van der Waals surface area contributed by atoms with Crippen LogP contribution >= 0.6 is 22.2 Å². The molecule has 0 aromatic heterocycles. The monoisotopic (exact) mass is 287 g/mol. The molecule has 0 aromatic carbocycles. The fraction of sp³-hybridized carbons (Fsp3) is 1.00. The van der Waals surface area contributed by atoms with Gasteiger partial charge in [-0.05, 0) is 19.6 Å². The first-order valence-electron chi connectivity index (χ1n) is 5.17. The van der Waals surface area contributed by atoms with Crippen LogP contribution in [0.25, 0.3) is 0 Å². The van der Waals surface area contributed by atoms with E-state index in [1.807, 2.05) is 0 Å². The third-order valence-electron chi connectivity index (χ3n) is 2.69. The van der Waals surface area contributed by atoms with Crippen LogP contribution in [0.4, 0.5) is 0 Å². The van der Waals surface area contributed by atoms with Gasteiger partial charge in [0.25, 0.3) is 16.9 Å². The van der Waals surface area contributed by atoms with Crippen molar-refractivity contribution < 1.29 is 0 Å². The summed E-state index contributed by atoms with van der Waals surface area (Å²) < 4.78 is 7.42. The fourth-order valence-electron chi connectivity index (χ4n) is 1.69. The van der Waals surface area contributed by atoms with Gasteiger partial charge < -0.3 is 12.7 Å². The molecule has 0 aliphatic carbocycles. The van der Waals surface area contributed by atoms with Crippen molar-refractivity contribution in [3.8, 4) is 0 Å². The highest BCUT2D eigenvalue weighted by Gasteiger charge is 2.38. The molecule has 0 aromatic rings. The average molecular weight is 288 g/mol. The summed E-state index contributed by atoms with van der Waals surface area (Å²) in [5, 5.41) is 0. The van der Waals surface area contributed by atoms with Crippen LogP contribution < -0.4 is 0 Å². The van der Waals surface area contributed by atoms with Crippen LogP contribution in [-0.4, -0.2) is 59.0 Å². The van der Waals surface area contributed by atoms with Crippen molar-refractivity contribution >= 4 is 48.9 Å². The minimum absolute atomic E-state index is 0.315. The second-order valence-corrected chi connectivity index (χ2v) is 13.7. The Balaban J connectivity index is 2.72. The predicted molar refractivity (Wildman–Crippen MR) is 71.7 cm³/mol. The maximum absolute atomic E-state index is 6.52. The second-order valence-electron chi connectivity index (χ2n) is 3.40. The standard InChI is InChI=1S/C6H19Cl2N3Si3/c1-4-9-12-10(5-2)14(8)11(6-3)13(9)7/h13-14H,4-6,12H2,1-3H3. The summed E-state index contributed by atoms with van der Waals surface area (Å²) in [5.41, 5.74) is 0. The SMILES string of the molecule is CCN1[SiH2]N(CC)[SiH](Cl)N(CC)[SiH]1Cl.